The summed E-state index contributed by atoms with van der Waals surface area (Å²) in [5.74, 6) is 0. The van der Waals surface area contributed by atoms with Crippen LogP contribution in [0.2, 0.25) is 0 Å². The number of aliphatic imine (C=N–C) groups is 1. The van der Waals surface area contributed by atoms with Crippen LogP contribution in [0, 0.1) is 6.92 Å². The lowest BCUT2D eigenvalue weighted by atomic mass is 10.2. The van der Waals surface area contributed by atoms with Gasteiger partial charge in [-0.15, -0.1) is 0 Å². The molecule has 0 unspecified atom stereocenters. The van der Waals surface area contributed by atoms with E-state index in [-0.39, 0.29) is 0 Å². The van der Waals surface area contributed by atoms with Gasteiger partial charge >= 0.3 is 0 Å². The molecule has 1 radical (unpaired) electrons. The maximum absolute atomic E-state index is 4.29. The molecule has 1 heteroatoms. The van der Waals surface area contributed by atoms with Gasteiger partial charge in [0, 0.05) is 12.3 Å². The molecular weight excluding hydrogens is 122 g/mol. The highest BCUT2D eigenvalue weighted by Gasteiger charge is 1.88. The Morgan fingerprint density at radius 2 is 2.00 bits per heavy atom. The van der Waals surface area contributed by atoms with Gasteiger partial charge in [-0.2, -0.15) is 0 Å². The number of hydrogen-bond acceptors (Lipinski definition) is 1. The third-order valence-electron chi connectivity index (χ3n) is 1.38. The van der Waals surface area contributed by atoms with Gasteiger partial charge in [-0.1, -0.05) is 20.3 Å². The summed E-state index contributed by atoms with van der Waals surface area (Å²) >= 11 is 0. The van der Waals surface area contributed by atoms with Gasteiger partial charge in [0.25, 0.3) is 0 Å². The number of nitrogens with zero attached hydrogens (tertiary/aromatic N) is 1. The molecular formula is C9H18N. The van der Waals surface area contributed by atoms with Gasteiger partial charge in [-0.3, -0.25) is 4.99 Å². The summed E-state index contributed by atoms with van der Waals surface area (Å²) in [6, 6.07) is 0. The predicted molar refractivity (Wildman–Crippen MR) is 47.5 cm³/mol. The molecule has 0 saturated heterocycles. The van der Waals surface area contributed by atoms with E-state index in [1.165, 1.54) is 12.8 Å². The second-order valence-corrected chi connectivity index (χ2v) is 2.55. The fourth-order valence-corrected chi connectivity index (χ4v) is 0.730. The molecule has 0 aliphatic heterocycles. The molecule has 0 aromatic heterocycles. The first-order chi connectivity index (χ1) is 4.81. The van der Waals surface area contributed by atoms with Crippen LogP contribution in [0.15, 0.2) is 4.99 Å². The van der Waals surface area contributed by atoms with Crippen molar-refractivity contribution in [1.29, 1.82) is 0 Å². The molecule has 1 nitrogen and oxygen atoms in total. The highest BCUT2D eigenvalue weighted by Crippen LogP contribution is 1.96. The van der Waals surface area contributed by atoms with E-state index in [4.69, 9.17) is 0 Å². The summed E-state index contributed by atoms with van der Waals surface area (Å²) in [4.78, 5) is 4.29. The van der Waals surface area contributed by atoms with Crippen LogP contribution < -0.4 is 0 Å². The fourth-order valence-electron chi connectivity index (χ4n) is 0.730. The molecule has 0 aromatic rings. The van der Waals surface area contributed by atoms with Crippen LogP contribution in [0.25, 0.3) is 0 Å². The largest absolute Gasteiger partial charge is 0.294 e. The summed E-state index contributed by atoms with van der Waals surface area (Å²) in [5.41, 5.74) is 1.07. The number of hydrogen-bond donors (Lipinski definition) is 0. The third-order valence-corrected chi connectivity index (χ3v) is 1.38. The average Bonchev–Trinajstić information content (AvgIpc) is 1.97. The maximum Gasteiger partial charge on any atom is 0.0386 e. The standard InChI is InChI=1S/C9H18N/c1-4-6-7-9(3)10-8-5-2/h3-8H2,1-2H3/b10-9+. The Bertz CT molecular complexity index is 94.9. The van der Waals surface area contributed by atoms with E-state index in [0.717, 1.165) is 25.1 Å². The molecule has 59 valence electrons. The predicted octanol–water partition coefficient (Wildman–Crippen LogP) is 2.86. The molecule has 0 heterocycles. The zero-order chi connectivity index (χ0) is 7.82. The van der Waals surface area contributed by atoms with Crippen LogP contribution in [-0.2, 0) is 0 Å². The second kappa shape index (κ2) is 6.79. The summed E-state index contributed by atoms with van der Waals surface area (Å²) in [5, 5.41) is 0. The first kappa shape index (κ1) is 9.67. The zero-order valence-electron chi connectivity index (χ0n) is 7.19. The Morgan fingerprint density at radius 1 is 1.30 bits per heavy atom. The average molecular weight is 140 g/mol. The van der Waals surface area contributed by atoms with Crippen molar-refractivity contribution < 1.29 is 0 Å². The Hall–Kier alpha value is -0.330. The molecule has 0 amide bonds. The van der Waals surface area contributed by atoms with Gasteiger partial charge in [-0.25, -0.2) is 0 Å². The van der Waals surface area contributed by atoms with Gasteiger partial charge in [0.05, 0.1) is 0 Å². The van der Waals surface area contributed by atoms with E-state index in [1.807, 2.05) is 0 Å². The molecule has 0 atom stereocenters. The molecule has 0 saturated carbocycles. The minimum absolute atomic E-state index is 0.947. The van der Waals surface area contributed by atoms with Gasteiger partial charge in [0.1, 0.15) is 0 Å². The molecule has 0 aliphatic rings. The van der Waals surface area contributed by atoms with E-state index in [2.05, 4.69) is 25.8 Å². The first-order valence-electron chi connectivity index (χ1n) is 4.16. The van der Waals surface area contributed by atoms with Crippen LogP contribution in [0.4, 0.5) is 0 Å². The highest BCUT2D eigenvalue weighted by atomic mass is 14.7. The molecule has 0 aliphatic carbocycles. The van der Waals surface area contributed by atoms with Crippen molar-refractivity contribution in [1.82, 2.24) is 0 Å². The van der Waals surface area contributed by atoms with Crippen molar-refractivity contribution in [2.75, 3.05) is 6.54 Å². The van der Waals surface area contributed by atoms with Crippen LogP contribution in [0.5, 0.6) is 0 Å². The SMILES string of the molecule is [CH2]/C(CCCC)=N\CCC. The minimum atomic E-state index is 0.947. The van der Waals surface area contributed by atoms with Crippen molar-refractivity contribution in [2.24, 2.45) is 4.99 Å². The van der Waals surface area contributed by atoms with Crippen molar-refractivity contribution in [3.05, 3.63) is 6.92 Å². The molecule has 0 aromatic carbocycles. The summed E-state index contributed by atoms with van der Waals surface area (Å²) in [6.07, 6.45) is 4.67. The van der Waals surface area contributed by atoms with Crippen LogP contribution in [-0.4, -0.2) is 12.3 Å². The molecule has 0 N–H and O–H groups in total. The summed E-state index contributed by atoms with van der Waals surface area (Å²) in [6.45, 7) is 9.13. The smallest absolute Gasteiger partial charge is 0.0386 e. The van der Waals surface area contributed by atoms with Gasteiger partial charge < -0.3 is 0 Å². The lowest BCUT2D eigenvalue weighted by Gasteiger charge is -1.96. The molecule has 10 heavy (non-hydrogen) atoms. The Labute approximate surface area is 64.6 Å². The van der Waals surface area contributed by atoms with E-state index < -0.39 is 0 Å². The molecule has 0 fully saturated rings. The lowest BCUT2D eigenvalue weighted by molar-refractivity contribution is 0.828. The molecule has 0 rings (SSSR count). The van der Waals surface area contributed by atoms with Crippen LogP contribution >= 0.6 is 0 Å². The normalized spacial score (nSPS) is 12.1. The molecule has 0 bridgehead atoms. The summed E-state index contributed by atoms with van der Waals surface area (Å²) in [7, 11) is 0. The van der Waals surface area contributed by atoms with Crippen LogP contribution in [0.3, 0.4) is 0 Å². The van der Waals surface area contributed by atoms with Crippen molar-refractivity contribution in [2.45, 2.75) is 39.5 Å². The van der Waals surface area contributed by atoms with E-state index in [1.54, 1.807) is 0 Å². The third kappa shape index (κ3) is 5.80. The Balaban J connectivity index is 3.30. The summed E-state index contributed by atoms with van der Waals surface area (Å²) < 4.78 is 0. The van der Waals surface area contributed by atoms with Crippen molar-refractivity contribution in [3.63, 3.8) is 0 Å². The monoisotopic (exact) mass is 140 g/mol. The first-order valence-corrected chi connectivity index (χ1v) is 4.16. The lowest BCUT2D eigenvalue weighted by Crippen LogP contribution is -1.92. The van der Waals surface area contributed by atoms with Gasteiger partial charge in [-0.05, 0) is 26.2 Å². The minimum Gasteiger partial charge on any atom is -0.294 e. The van der Waals surface area contributed by atoms with E-state index in [0.29, 0.717) is 0 Å². The van der Waals surface area contributed by atoms with Crippen LogP contribution in [0.1, 0.15) is 39.5 Å². The quantitative estimate of drug-likeness (QED) is 0.521. The fraction of sp³-hybridized carbons (Fsp3) is 0.778. The number of rotatable bonds is 5. The topological polar surface area (TPSA) is 12.4 Å². The van der Waals surface area contributed by atoms with Crippen molar-refractivity contribution >= 4 is 5.71 Å². The van der Waals surface area contributed by atoms with Crippen molar-refractivity contribution in [3.8, 4) is 0 Å². The zero-order valence-corrected chi connectivity index (χ0v) is 7.19. The van der Waals surface area contributed by atoms with E-state index >= 15 is 0 Å². The van der Waals surface area contributed by atoms with Gasteiger partial charge in [0.15, 0.2) is 0 Å². The highest BCUT2D eigenvalue weighted by molar-refractivity contribution is 5.88. The van der Waals surface area contributed by atoms with Gasteiger partial charge in [0.2, 0.25) is 0 Å². The second-order valence-electron chi connectivity index (χ2n) is 2.55. The molecule has 0 spiro atoms. The van der Waals surface area contributed by atoms with E-state index in [9.17, 15) is 0 Å². The Morgan fingerprint density at radius 3 is 2.50 bits per heavy atom. The maximum atomic E-state index is 4.29. The number of unbranched alkanes of at least 4 members (excludes halogenated alkanes) is 1. The Kier molecular flexibility index (Phi) is 6.56.